The summed E-state index contributed by atoms with van der Waals surface area (Å²) in [7, 11) is 2.19. The minimum absolute atomic E-state index is 0.109. The fourth-order valence-electron chi connectivity index (χ4n) is 5.34. The minimum Gasteiger partial charge on any atom is -0.384 e. The van der Waals surface area contributed by atoms with Gasteiger partial charge in [0.15, 0.2) is 5.65 Å². The van der Waals surface area contributed by atoms with E-state index in [2.05, 4.69) is 49.2 Å². The average molecular weight is 523 g/mol. The first-order chi connectivity index (χ1) is 17.4. The number of nitrogens with zero attached hydrogens (tertiary/aromatic N) is 6. The van der Waals surface area contributed by atoms with Crippen molar-refractivity contribution in [3.05, 3.63) is 69.2 Å². The van der Waals surface area contributed by atoms with Crippen LogP contribution in [0.25, 0.3) is 16.7 Å². The predicted octanol–water partition coefficient (Wildman–Crippen LogP) is 3.95. The topological polar surface area (TPSA) is 105 Å². The van der Waals surface area contributed by atoms with E-state index in [0.717, 1.165) is 24.7 Å². The lowest BCUT2D eigenvalue weighted by molar-refractivity contribution is 0.386. The van der Waals surface area contributed by atoms with Gasteiger partial charge in [0.05, 0.1) is 21.1 Å². The van der Waals surface area contributed by atoms with Crippen molar-refractivity contribution in [1.29, 1.82) is 0 Å². The highest BCUT2D eigenvalue weighted by Gasteiger charge is 2.39. The van der Waals surface area contributed by atoms with Gasteiger partial charge in [-0.05, 0) is 55.8 Å². The molecular formula is C25H24Cl2N8O. The van der Waals surface area contributed by atoms with Crippen molar-refractivity contribution in [2.75, 3.05) is 42.6 Å². The Balaban J connectivity index is 1.27. The fourth-order valence-corrected chi connectivity index (χ4v) is 5.91. The molecule has 2 aliphatic rings. The number of nitrogens with two attached hydrogens (primary N) is 1. The van der Waals surface area contributed by atoms with E-state index in [0.29, 0.717) is 17.4 Å². The van der Waals surface area contributed by atoms with Crippen LogP contribution >= 0.6 is 23.2 Å². The molecule has 11 heteroatoms. The van der Waals surface area contributed by atoms with Crippen molar-refractivity contribution in [3.63, 3.8) is 0 Å². The van der Waals surface area contributed by atoms with Crippen LogP contribution in [0.5, 0.6) is 0 Å². The maximum Gasteiger partial charge on any atom is 0.355 e. The number of hydrogen-bond acceptors (Lipinski definition) is 8. The van der Waals surface area contributed by atoms with Crippen molar-refractivity contribution in [2.45, 2.75) is 12.5 Å². The highest BCUT2D eigenvalue weighted by Crippen LogP contribution is 2.35. The van der Waals surface area contributed by atoms with Crippen molar-refractivity contribution < 1.29 is 0 Å². The summed E-state index contributed by atoms with van der Waals surface area (Å²) in [5, 5.41) is 4.17. The molecule has 6 rings (SSSR count). The molecule has 2 aliphatic heterocycles. The first-order valence-corrected chi connectivity index (χ1v) is 12.5. The Morgan fingerprint density at radius 2 is 1.81 bits per heavy atom. The van der Waals surface area contributed by atoms with Crippen LogP contribution in [0.3, 0.4) is 0 Å². The maximum atomic E-state index is 12.9. The molecule has 0 bridgehead atoms. The van der Waals surface area contributed by atoms with Crippen LogP contribution in [0.2, 0.25) is 10.0 Å². The Hall–Kier alpha value is -3.40. The van der Waals surface area contributed by atoms with Crippen molar-refractivity contribution in [3.8, 4) is 5.69 Å². The van der Waals surface area contributed by atoms with E-state index >= 15 is 0 Å². The number of para-hydroxylation sites is 1. The molecule has 0 saturated carbocycles. The lowest BCUT2D eigenvalue weighted by atomic mass is 10.0. The summed E-state index contributed by atoms with van der Waals surface area (Å²) in [6, 6.07) is 13.8. The number of nitrogens with one attached hydrogen (secondary N) is 1. The zero-order valence-corrected chi connectivity index (χ0v) is 21.0. The van der Waals surface area contributed by atoms with Gasteiger partial charge < -0.3 is 20.9 Å². The minimum atomic E-state index is -0.634. The summed E-state index contributed by atoms with van der Waals surface area (Å²) >= 11 is 12.6. The standard InChI is InChI=1S/C25H24Cl2N8O/c1-33-12-14-9-10-34(20(14)13-33)16-7-5-15(6-8-16)30-24-29-11-17-22(28)35(25(36)32-23(17)31-24)21-18(26)3-2-4-19(21)27/h2-8,11,14,20H,9-10,12-13,28H2,1H3,(H,30,31,32,36). The van der Waals surface area contributed by atoms with Gasteiger partial charge in [-0.3, -0.25) is 0 Å². The summed E-state index contributed by atoms with van der Waals surface area (Å²) in [5.74, 6) is 1.17. The number of nitrogen functional groups attached to an aromatic ring is 1. The molecule has 4 heterocycles. The molecule has 0 spiro atoms. The van der Waals surface area contributed by atoms with Gasteiger partial charge in [-0.15, -0.1) is 0 Å². The van der Waals surface area contributed by atoms with E-state index in [1.165, 1.54) is 29.4 Å². The van der Waals surface area contributed by atoms with Gasteiger partial charge in [0.2, 0.25) is 5.95 Å². The Bertz CT molecular complexity index is 1500. The molecule has 0 radical (unpaired) electrons. The van der Waals surface area contributed by atoms with Gasteiger partial charge >= 0.3 is 5.69 Å². The molecule has 2 unspecified atom stereocenters. The summed E-state index contributed by atoms with van der Waals surface area (Å²) in [5.41, 5.74) is 8.18. The quantitative estimate of drug-likeness (QED) is 0.415. The van der Waals surface area contributed by atoms with Gasteiger partial charge in [0, 0.05) is 43.2 Å². The molecule has 2 fully saturated rings. The number of hydrogen-bond donors (Lipinski definition) is 2. The third-order valence-electron chi connectivity index (χ3n) is 7.02. The second-order valence-electron chi connectivity index (χ2n) is 9.32. The van der Waals surface area contributed by atoms with Crippen molar-refractivity contribution >= 4 is 57.4 Å². The Morgan fingerprint density at radius 3 is 2.56 bits per heavy atom. The summed E-state index contributed by atoms with van der Waals surface area (Å²) in [6.07, 6.45) is 2.77. The zero-order valence-electron chi connectivity index (χ0n) is 19.5. The Kier molecular flexibility index (Phi) is 5.70. The van der Waals surface area contributed by atoms with Gasteiger partial charge in [-0.25, -0.2) is 14.3 Å². The van der Waals surface area contributed by atoms with Gasteiger partial charge in [-0.1, -0.05) is 29.3 Å². The number of aromatic nitrogens is 4. The molecule has 184 valence electrons. The van der Waals surface area contributed by atoms with Gasteiger partial charge in [0.25, 0.3) is 0 Å². The second kappa shape index (κ2) is 8.92. The molecule has 9 nitrogen and oxygen atoms in total. The number of benzene rings is 2. The number of likely N-dealkylation sites (N-methyl/N-ethyl adjacent to an activating group) is 1. The summed E-state index contributed by atoms with van der Waals surface area (Å²) in [4.78, 5) is 30.7. The smallest absolute Gasteiger partial charge is 0.355 e. The Labute approximate surface area is 217 Å². The molecule has 2 saturated heterocycles. The highest BCUT2D eigenvalue weighted by molar-refractivity contribution is 6.37. The molecule has 3 N–H and O–H groups in total. The van der Waals surface area contributed by atoms with E-state index in [1.807, 2.05) is 12.1 Å². The number of likely N-dealkylation sites (tertiary alicyclic amines) is 1. The first-order valence-electron chi connectivity index (χ1n) is 11.7. The van der Waals surface area contributed by atoms with Crippen LogP contribution in [0.1, 0.15) is 6.42 Å². The number of fused-ring (bicyclic) bond motifs is 2. The molecule has 36 heavy (non-hydrogen) atoms. The third-order valence-corrected chi connectivity index (χ3v) is 7.63. The fraction of sp³-hybridized carbons (Fsp3) is 0.280. The number of rotatable bonds is 4. The van der Waals surface area contributed by atoms with Gasteiger partial charge in [0.1, 0.15) is 5.82 Å². The van der Waals surface area contributed by atoms with Gasteiger partial charge in [-0.2, -0.15) is 9.97 Å². The maximum absolute atomic E-state index is 12.9. The van der Waals surface area contributed by atoms with Crippen LogP contribution in [-0.4, -0.2) is 57.1 Å². The predicted molar refractivity (Wildman–Crippen MR) is 144 cm³/mol. The largest absolute Gasteiger partial charge is 0.384 e. The lowest BCUT2D eigenvalue weighted by Crippen LogP contribution is -2.34. The monoisotopic (exact) mass is 522 g/mol. The van der Waals surface area contributed by atoms with Crippen LogP contribution < -0.4 is 21.6 Å². The molecule has 2 atom stereocenters. The van der Waals surface area contributed by atoms with Crippen molar-refractivity contribution in [2.24, 2.45) is 5.92 Å². The van der Waals surface area contributed by atoms with Crippen LogP contribution in [0.4, 0.5) is 23.1 Å². The Morgan fingerprint density at radius 1 is 1.06 bits per heavy atom. The summed E-state index contributed by atoms with van der Waals surface area (Å²) in [6.45, 7) is 3.37. The normalized spacial score (nSPS) is 19.7. The van der Waals surface area contributed by atoms with E-state index < -0.39 is 5.69 Å². The van der Waals surface area contributed by atoms with Crippen LogP contribution in [0.15, 0.2) is 53.5 Å². The summed E-state index contributed by atoms with van der Waals surface area (Å²) < 4.78 is 1.17. The van der Waals surface area contributed by atoms with E-state index in [-0.39, 0.29) is 27.2 Å². The van der Waals surface area contributed by atoms with Crippen LogP contribution in [0, 0.1) is 5.92 Å². The molecule has 2 aromatic heterocycles. The molecule has 4 aromatic rings. The molecule has 0 amide bonds. The average Bonchev–Trinajstić information content (AvgIpc) is 3.40. The van der Waals surface area contributed by atoms with Crippen molar-refractivity contribution in [1.82, 2.24) is 24.4 Å². The van der Waals surface area contributed by atoms with E-state index in [9.17, 15) is 4.79 Å². The molecule has 0 aliphatic carbocycles. The number of anilines is 4. The third kappa shape index (κ3) is 3.93. The second-order valence-corrected chi connectivity index (χ2v) is 10.1. The first kappa shape index (κ1) is 23.0. The number of halogens is 2. The van der Waals surface area contributed by atoms with E-state index in [4.69, 9.17) is 28.9 Å². The SMILES string of the molecule is CN1CC2CCN(c3ccc(Nc4ncc5c(N)n(-c6c(Cl)cccc6Cl)c(=O)nc5n4)cc3)C2C1. The lowest BCUT2D eigenvalue weighted by Gasteiger charge is -2.26. The molecule has 2 aromatic carbocycles. The zero-order chi connectivity index (χ0) is 25.0. The molecular weight excluding hydrogens is 499 g/mol. The van der Waals surface area contributed by atoms with E-state index in [1.54, 1.807) is 18.2 Å². The van der Waals surface area contributed by atoms with Crippen LogP contribution in [-0.2, 0) is 0 Å². The highest BCUT2D eigenvalue weighted by atomic mass is 35.5.